The number of likely N-dealkylation sites (tertiary alicyclic amines) is 1. The van der Waals surface area contributed by atoms with Crippen molar-refractivity contribution >= 4 is 40.7 Å². The number of rotatable bonds is 2. The van der Waals surface area contributed by atoms with Crippen molar-refractivity contribution in [1.82, 2.24) is 4.90 Å². The first-order chi connectivity index (χ1) is 8.95. The Bertz CT molecular complexity index is 495. The predicted molar refractivity (Wildman–Crippen MR) is 74.2 cm³/mol. The number of aliphatic hydroxyl groups excluding tert-OH is 1. The van der Waals surface area contributed by atoms with Gasteiger partial charge in [0.1, 0.15) is 11.3 Å². The van der Waals surface area contributed by atoms with Gasteiger partial charge in [-0.2, -0.15) is 0 Å². The summed E-state index contributed by atoms with van der Waals surface area (Å²) in [5, 5.41) is 19.0. The molecule has 1 atom stereocenters. The van der Waals surface area contributed by atoms with Crippen molar-refractivity contribution in [2.75, 3.05) is 19.7 Å². The second kappa shape index (κ2) is 5.75. The number of hydrogen-bond donors (Lipinski definition) is 2. The number of hydrogen-bond acceptors (Lipinski definition) is 3. The van der Waals surface area contributed by atoms with Gasteiger partial charge in [0.15, 0.2) is 0 Å². The van der Waals surface area contributed by atoms with Crippen LogP contribution in [0.1, 0.15) is 16.8 Å². The van der Waals surface area contributed by atoms with E-state index in [0.29, 0.717) is 13.1 Å². The highest BCUT2D eigenvalue weighted by Gasteiger charge is 2.30. The minimum Gasteiger partial charge on any atom is -0.505 e. The Kier molecular flexibility index (Phi) is 4.46. The van der Waals surface area contributed by atoms with Crippen LogP contribution in [0.4, 0.5) is 0 Å². The largest absolute Gasteiger partial charge is 0.505 e. The fourth-order valence-electron chi connectivity index (χ4n) is 2.11. The highest BCUT2D eigenvalue weighted by atomic mass is 35.5. The molecule has 0 bridgehead atoms. The number of aliphatic hydroxyl groups is 1. The van der Waals surface area contributed by atoms with E-state index in [-0.39, 0.29) is 38.9 Å². The minimum absolute atomic E-state index is 0.0129. The smallest absolute Gasteiger partial charge is 0.259 e. The maximum atomic E-state index is 12.3. The van der Waals surface area contributed by atoms with Gasteiger partial charge in [0, 0.05) is 25.6 Å². The molecule has 1 unspecified atom stereocenters. The quantitative estimate of drug-likeness (QED) is 0.822. The summed E-state index contributed by atoms with van der Waals surface area (Å²) in [7, 11) is 0. The molecule has 1 aliphatic rings. The lowest BCUT2D eigenvalue weighted by molar-refractivity contribution is 0.0779. The molecule has 19 heavy (non-hydrogen) atoms. The number of nitrogens with zero attached hydrogens (tertiary/aromatic N) is 1. The molecule has 0 spiro atoms. The van der Waals surface area contributed by atoms with Crippen molar-refractivity contribution in [2.45, 2.75) is 6.42 Å². The Labute approximate surface area is 125 Å². The van der Waals surface area contributed by atoms with Crippen molar-refractivity contribution in [3.63, 3.8) is 0 Å². The van der Waals surface area contributed by atoms with Crippen molar-refractivity contribution in [1.29, 1.82) is 0 Å². The van der Waals surface area contributed by atoms with Gasteiger partial charge in [0.05, 0.1) is 15.1 Å². The molecule has 104 valence electrons. The highest BCUT2D eigenvalue weighted by molar-refractivity contribution is 6.45. The summed E-state index contributed by atoms with van der Waals surface area (Å²) in [6.07, 6.45) is 0.717. The van der Waals surface area contributed by atoms with Gasteiger partial charge in [0.2, 0.25) is 0 Å². The van der Waals surface area contributed by atoms with E-state index in [4.69, 9.17) is 39.9 Å². The predicted octanol–water partition coefficient (Wildman–Crippen LogP) is 2.81. The Balaban J connectivity index is 2.34. The molecule has 1 heterocycles. The number of phenolic OH excluding ortho intramolecular Hbond substituents is 1. The molecule has 1 saturated heterocycles. The third-order valence-electron chi connectivity index (χ3n) is 3.19. The highest BCUT2D eigenvalue weighted by Crippen LogP contribution is 2.39. The maximum absolute atomic E-state index is 12.3. The number of amides is 1. The first-order valence-electron chi connectivity index (χ1n) is 5.72. The summed E-state index contributed by atoms with van der Waals surface area (Å²) in [4.78, 5) is 13.9. The molecule has 1 amide bonds. The van der Waals surface area contributed by atoms with E-state index in [2.05, 4.69) is 0 Å². The summed E-state index contributed by atoms with van der Waals surface area (Å²) in [5.74, 6) is -0.740. The molecule has 1 aromatic carbocycles. The van der Waals surface area contributed by atoms with Crippen LogP contribution in [0.3, 0.4) is 0 Å². The number of aromatic hydroxyl groups is 1. The molecule has 0 aliphatic carbocycles. The average molecular weight is 325 g/mol. The summed E-state index contributed by atoms with van der Waals surface area (Å²) in [5.41, 5.74) is -0.0854. The van der Waals surface area contributed by atoms with Crippen LogP contribution < -0.4 is 0 Å². The lowest BCUT2D eigenvalue weighted by Gasteiger charge is -2.18. The van der Waals surface area contributed by atoms with Crippen molar-refractivity contribution in [3.8, 4) is 5.75 Å². The van der Waals surface area contributed by atoms with Crippen LogP contribution in [-0.4, -0.2) is 40.7 Å². The third-order valence-corrected chi connectivity index (χ3v) is 4.27. The zero-order chi connectivity index (χ0) is 14.2. The Hall–Kier alpha value is -0.680. The number of carbonyl (C=O) groups is 1. The second-order valence-electron chi connectivity index (χ2n) is 4.47. The molecule has 2 N–H and O–H groups in total. The Morgan fingerprint density at radius 2 is 2.05 bits per heavy atom. The number of halogens is 3. The maximum Gasteiger partial charge on any atom is 0.259 e. The molecule has 0 aromatic heterocycles. The lowest BCUT2D eigenvalue weighted by atomic mass is 10.1. The van der Waals surface area contributed by atoms with E-state index in [1.165, 1.54) is 11.0 Å². The van der Waals surface area contributed by atoms with Gasteiger partial charge >= 0.3 is 0 Å². The molecule has 4 nitrogen and oxygen atoms in total. The SMILES string of the molecule is O=C(c1c(O)c(Cl)cc(Cl)c1Cl)N1CCC(CO)C1. The zero-order valence-electron chi connectivity index (χ0n) is 9.87. The molecule has 0 saturated carbocycles. The van der Waals surface area contributed by atoms with E-state index in [0.717, 1.165) is 6.42 Å². The van der Waals surface area contributed by atoms with Crippen molar-refractivity contribution in [3.05, 3.63) is 26.7 Å². The van der Waals surface area contributed by atoms with Gasteiger partial charge in [0.25, 0.3) is 5.91 Å². The van der Waals surface area contributed by atoms with E-state index < -0.39 is 5.91 Å². The number of phenols is 1. The molecule has 1 aliphatic heterocycles. The zero-order valence-corrected chi connectivity index (χ0v) is 12.1. The first kappa shape index (κ1) is 14.7. The molecular formula is C12H12Cl3NO3. The van der Waals surface area contributed by atoms with E-state index in [1.54, 1.807) is 0 Å². The lowest BCUT2D eigenvalue weighted by Crippen LogP contribution is -2.29. The third kappa shape index (κ3) is 2.77. The van der Waals surface area contributed by atoms with Gasteiger partial charge in [-0.05, 0) is 12.5 Å². The second-order valence-corrected chi connectivity index (χ2v) is 5.66. The summed E-state index contributed by atoms with van der Waals surface area (Å²) < 4.78 is 0. The van der Waals surface area contributed by atoms with E-state index in [9.17, 15) is 9.90 Å². The molecule has 1 fully saturated rings. The fraction of sp³-hybridized carbons (Fsp3) is 0.417. The summed E-state index contributed by atoms with van der Waals surface area (Å²) in [6, 6.07) is 1.29. The molecule has 2 rings (SSSR count). The molecule has 1 aromatic rings. The van der Waals surface area contributed by atoms with E-state index >= 15 is 0 Å². The van der Waals surface area contributed by atoms with Gasteiger partial charge in [-0.15, -0.1) is 0 Å². The average Bonchev–Trinajstić information content (AvgIpc) is 2.85. The molecular weight excluding hydrogens is 312 g/mol. The summed E-state index contributed by atoms with van der Waals surface area (Å²) >= 11 is 17.6. The first-order valence-corrected chi connectivity index (χ1v) is 6.85. The van der Waals surface area contributed by atoms with Gasteiger partial charge in [-0.1, -0.05) is 34.8 Å². The van der Waals surface area contributed by atoms with Crippen LogP contribution in [0.5, 0.6) is 5.75 Å². The topological polar surface area (TPSA) is 60.8 Å². The van der Waals surface area contributed by atoms with Crippen molar-refractivity contribution < 1.29 is 15.0 Å². The van der Waals surface area contributed by atoms with E-state index in [1.807, 2.05) is 0 Å². The van der Waals surface area contributed by atoms with Crippen LogP contribution in [0.2, 0.25) is 15.1 Å². The van der Waals surface area contributed by atoms with Gasteiger partial charge in [-0.25, -0.2) is 0 Å². The molecule has 0 radical (unpaired) electrons. The monoisotopic (exact) mass is 323 g/mol. The van der Waals surface area contributed by atoms with Crippen LogP contribution in [-0.2, 0) is 0 Å². The minimum atomic E-state index is -0.428. The number of carbonyl (C=O) groups excluding carboxylic acids is 1. The number of benzene rings is 1. The van der Waals surface area contributed by atoms with Gasteiger partial charge < -0.3 is 15.1 Å². The van der Waals surface area contributed by atoms with Crippen molar-refractivity contribution in [2.24, 2.45) is 5.92 Å². The fourth-order valence-corrected chi connectivity index (χ4v) is 2.79. The normalized spacial score (nSPS) is 18.9. The van der Waals surface area contributed by atoms with Crippen LogP contribution in [0.15, 0.2) is 6.07 Å². The van der Waals surface area contributed by atoms with Crippen LogP contribution in [0.25, 0.3) is 0 Å². The molecule has 7 heteroatoms. The van der Waals surface area contributed by atoms with Gasteiger partial charge in [-0.3, -0.25) is 4.79 Å². The summed E-state index contributed by atoms with van der Waals surface area (Å²) in [6.45, 7) is 0.957. The van der Waals surface area contributed by atoms with Crippen LogP contribution >= 0.6 is 34.8 Å². The Morgan fingerprint density at radius 3 is 2.63 bits per heavy atom. The van der Waals surface area contributed by atoms with Crippen LogP contribution in [0, 0.1) is 5.92 Å². The Morgan fingerprint density at radius 1 is 1.37 bits per heavy atom. The standard InChI is InChI=1S/C12H12Cl3NO3/c13-7-3-8(14)11(18)9(10(7)15)12(19)16-2-1-6(4-16)5-17/h3,6,17-18H,1-2,4-5H2.